The highest BCUT2D eigenvalue weighted by atomic mass is 35.5. The van der Waals surface area contributed by atoms with Crippen LogP contribution in [0.25, 0.3) is 0 Å². The minimum Gasteiger partial charge on any atom is -0.468 e. The molecule has 0 fully saturated rings. The van der Waals surface area contributed by atoms with Gasteiger partial charge in [0.2, 0.25) is 10.0 Å². The molecule has 0 saturated carbocycles. The van der Waals surface area contributed by atoms with Gasteiger partial charge in [-0.25, -0.2) is 13.1 Å². The van der Waals surface area contributed by atoms with Crippen LogP contribution in [0.5, 0.6) is 0 Å². The lowest BCUT2D eigenvalue weighted by Crippen LogP contribution is -2.34. The van der Waals surface area contributed by atoms with E-state index in [1.807, 2.05) is 0 Å². The molecule has 10 heteroatoms. The summed E-state index contributed by atoms with van der Waals surface area (Å²) in [6.07, 6.45) is -3.29. The number of hydrogen-bond donors (Lipinski definition) is 1. The van der Waals surface area contributed by atoms with Gasteiger partial charge in [0.05, 0.1) is 27.8 Å². The number of furan rings is 1. The molecule has 0 amide bonds. The minimum absolute atomic E-state index is 0.0766. The highest BCUT2D eigenvalue weighted by molar-refractivity contribution is 7.89. The van der Waals surface area contributed by atoms with Gasteiger partial charge in [0.15, 0.2) is 0 Å². The number of benzene rings is 1. The van der Waals surface area contributed by atoms with Crippen molar-refractivity contribution in [1.29, 1.82) is 0 Å². The van der Waals surface area contributed by atoms with Gasteiger partial charge in [-0.2, -0.15) is 13.2 Å². The Kier molecular flexibility index (Phi) is 5.82. The highest BCUT2D eigenvalue weighted by Crippen LogP contribution is 2.35. The molecule has 5 nitrogen and oxygen atoms in total. The van der Waals surface area contributed by atoms with Crippen molar-refractivity contribution in [2.45, 2.75) is 17.1 Å². The van der Waals surface area contributed by atoms with E-state index in [9.17, 15) is 21.6 Å². The van der Waals surface area contributed by atoms with Crippen molar-refractivity contribution in [2.75, 3.05) is 20.6 Å². The van der Waals surface area contributed by atoms with Gasteiger partial charge < -0.3 is 4.42 Å². The lowest BCUT2D eigenvalue weighted by molar-refractivity contribution is -0.137. The van der Waals surface area contributed by atoms with Crippen molar-refractivity contribution in [3.05, 3.63) is 52.9 Å². The fourth-order valence-electron chi connectivity index (χ4n) is 2.18. The van der Waals surface area contributed by atoms with Crippen molar-refractivity contribution in [3.63, 3.8) is 0 Å². The predicted octanol–water partition coefficient (Wildman–Crippen LogP) is 3.53. The van der Waals surface area contributed by atoms with E-state index in [0.717, 1.165) is 12.1 Å². The Labute approximate surface area is 148 Å². The van der Waals surface area contributed by atoms with Crippen molar-refractivity contribution in [1.82, 2.24) is 9.62 Å². The summed E-state index contributed by atoms with van der Waals surface area (Å²) in [5.41, 5.74) is -1.20. The van der Waals surface area contributed by atoms with Gasteiger partial charge in [0, 0.05) is 6.54 Å². The number of likely N-dealkylation sites (N-methyl/N-ethyl adjacent to an activating group) is 1. The van der Waals surface area contributed by atoms with Gasteiger partial charge in [-0.15, -0.1) is 0 Å². The summed E-state index contributed by atoms with van der Waals surface area (Å²) in [6, 6.07) is 5.38. The maximum absolute atomic E-state index is 12.9. The topological polar surface area (TPSA) is 62.6 Å². The Morgan fingerprint density at radius 3 is 2.48 bits per heavy atom. The average Bonchev–Trinajstić information content (AvgIpc) is 3.00. The molecule has 0 spiro atoms. The molecule has 0 aliphatic rings. The second-order valence-corrected chi connectivity index (χ2v) is 7.66. The molecule has 2 aromatic rings. The van der Waals surface area contributed by atoms with E-state index in [1.165, 1.54) is 6.26 Å². The van der Waals surface area contributed by atoms with Crippen LogP contribution in [-0.4, -0.2) is 34.0 Å². The van der Waals surface area contributed by atoms with Gasteiger partial charge in [0.1, 0.15) is 5.76 Å². The van der Waals surface area contributed by atoms with Crippen molar-refractivity contribution in [3.8, 4) is 0 Å². The summed E-state index contributed by atoms with van der Waals surface area (Å²) in [5.74, 6) is 0.528. The molecule has 0 radical (unpaired) electrons. The van der Waals surface area contributed by atoms with E-state index in [-0.39, 0.29) is 6.54 Å². The number of nitrogens with zero attached hydrogens (tertiary/aromatic N) is 1. The zero-order valence-corrected chi connectivity index (χ0v) is 14.9. The van der Waals surface area contributed by atoms with Crippen molar-refractivity contribution in [2.24, 2.45) is 0 Å². The number of halogens is 4. The molecule has 0 bridgehead atoms. The van der Waals surface area contributed by atoms with E-state index in [0.29, 0.717) is 11.8 Å². The molecule has 1 unspecified atom stereocenters. The number of rotatable bonds is 6. The zero-order valence-electron chi connectivity index (χ0n) is 13.3. The smallest absolute Gasteiger partial charge is 0.417 e. The lowest BCUT2D eigenvalue weighted by atomic mass is 10.2. The molecule has 1 heterocycles. The van der Waals surface area contributed by atoms with Gasteiger partial charge in [-0.1, -0.05) is 11.6 Å². The molecule has 1 aromatic heterocycles. The van der Waals surface area contributed by atoms with Crippen molar-refractivity contribution < 1.29 is 26.0 Å². The maximum atomic E-state index is 12.9. The molecule has 0 aliphatic heterocycles. The van der Waals surface area contributed by atoms with E-state index in [1.54, 1.807) is 31.1 Å². The molecule has 1 atom stereocenters. The minimum atomic E-state index is -4.75. The van der Waals surface area contributed by atoms with Crippen LogP contribution in [0.4, 0.5) is 13.2 Å². The van der Waals surface area contributed by atoms with E-state index in [2.05, 4.69) is 4.72 Å². The molecular weight excluding hydrogens is 381 g/mol. The van der Waals surface area contributed by atoms with Crippen LogP contribution in [0.3, 0.4) is 0 Å². The third-order valence-electron chi connectivity index (χ3n) is 3.52. The summed E-state index contributed by atoms with van der Waals surface area (Å²) < 4.78 is 71.0. The Morgan fingerprint density at radius 2 is 1.96 bits per heavy atom. The van der Waals surface area contributed by atoms with Crippen LogP contribution >= 0.6 is 11.6 Å². The molecule has 138 valence electrons. The number of sulfonamides is 1. The molecule has 0 saturated heterocycles. The monoisotopic (exact) mass is 396 g/mol. The normalized spacial score (nSPS) is 14.0. The van der Waals surface area contributed by atoms with Crippen LogP contribution in [0.2, 0.25) is 5.02 Å². The third kappa shape index (κ3) is 4.75. The summed E-state index contributed by atoms with van der Waals surface area (Å²) in [5, 5.41) is -0.562. The molecular formula is C15H16ClF3N2O3S. The van der Waals surface area contributed by atoms with Gasteiger partial charge in [-0.05, 0) is 44.4 Å². The Balaban J connectivity index is 2.25. The summed E-state index contributed by atoms with van der Waals surface area (Å²) in [6.45, 7) is -0.0766. The summed E-state index contributed by atoms with van der Waals surface area (Å²) in [4.78, 5) is 1.21. The molecule has 1 N–H and O–H groups in total. The fourth-order valence-corrected chi connectivity index (χ4v) is 3.47. The molecule has 2 rings (SSSR count). The van der Waals surface area contributed by atoms with E-state index >= 15 is 0 Å². The van der Waals surface area contributed by atoms with Crippen LogP contribution in [0.1, 0.15) is 17.4 Å². The van der Waals surface area contributed by atoms with Crippen LogP contribution < -0.4 is 4.72 Å². The lowest BCUT2D eigenvalue weighted by Gasteiger charge is -2.22. The third-order valence-corrected chi connectivity index (χ3v) is 5.27. The predicted molar refractivity (Wildman–Crippen MR) is 86.8 cm³/mol. The zero-order chi connectivity index (χ0) is 18.8. The van der Waals surface area contributed by atoms with Crippen molar-refractivity contribution >= 4 is 21.6 Å². The Morgan fingerprint density at radius 1 is 1.28 bits per heavy atom. The average molecular weight is 397 g/mol. The molecule has 1 aromatic carbocycles. The van der Waals surface area contributed by atoms with E-state index < -0.39 is 37.7 Å². The maximum Gasteiger partial charge on any atom is 0.417 e. The highest BCUT2D eigenvalue weighted by Gasteiger charge is 2.34. The van der Waals surface area contributed by atoms with Gasteiger partial charge in [0.25, 0.3) is 0 Å². The first-order valence-corrected chi connectivity index (χ1v) is 8.94. The summed E-state index contributed by atoms with van der Waals surface area (Å²) >= 11 is 5.51. The molecule has 25 heavy (non-hydrogen) atoms. The van der Waals surface area contributed by atoms with Gasteiger partial charge in [-0.3, -0.25) is 4.90 Å². The SMILES string of the molecule is CN(C)C(CNS(=O)(=O)c1ccc(Cl)c(C(F)(F)F)c1)c1ccco1. The largest absolute Gasteiger partial charge is 0.468 e. The Bertz CT molecular complexity index is 821. The number of hydrogen-bond acceptors (Lipinski definition) is 4. The first kappa shape index (κ1) is 19.8. The first-order valence-electron chi connectivity index (χ1n) is 7.08. The van der Waals surface area contributed by atoms with Crippen LogP contribution in [0.15, 0.2) is 45.9 Å². The van der Waals surface area contributed by atoms with E-state index in [4.69, 9.17) is 16.0 Å². The van der Waals surface area contributed by atoms with Gasteiger partial charge >= 0.3 is 6.18 Å². The van der Waals surface area contributed by atoms with Crippen LogP contribution in [0, 0.1) is 0 Å². The fraction of sp³-hybridized carbons (Fsp3) is 0.333. The summed E-state index contributed by atoms with van der Waals surface area (Å²) in [7, 11) is -0.701. The standard InChI is InChI=1S/C15H16ClF3N2O3S/c1-21(2)13(14-4-3-7-24-14)9-20-25(22,23)10-5-6-12(16)11(8-10)15(17,18)19/h3-8,13,20H,9H2,1-2H3. The first-order chi connectivity index (χ1) is 11.5. The number of nitrogens with one attached hydrogen (secondary N) is 1. The second kappa shape index (κ2) is 7.36. The Hall–Kier alpha value is -1.55. The quantitative estimate of drug-likeness (QED) is 0.811. The van der Waals surface area contributed by atoms with Crippen LogP contribution in [-0.2, 0) is 16.2 Å². The number of alkyl halides is 3. The second-order valence-electron chi connectivity index (χ2n) is 5.49. The molecule has 0 aliphatic carbocycles.